The minimum Gasteiger partial charge on any atom is -0.394 e. The van der Waals surface area contributed by atoms with Crippen LogP contribution in [0.1, 0.15) is 96.5 Å². The molecule has 264 valence electrons. The van der Waals surface area contributed by atoms with Gasteiger partial charge in [-0.05, 0) is 91.4 Å². The molecule has 9 unspecified atom stereocenters. The third kappa shape index (κ3) is 4.94. The Hall–Kier alpha value is -2.35. The molecule has 49 heavy (non-hydrogen) atoms. The van der Waals surface area contributed by atoms with Crippen LogP contribution in [0.2, 0.25) is 0 Å². The quantitative estimate of drug-likeness (QED) is 0.221. The highest BCUT2D eigenvalue weighted by molar-refractivity contribution is 6.00. The molecule has 4 saturated carbocycles. The zero-order valence-electron chi connectivity index (χ0n) is 29.6. The third-order valence-electron chi connectivity index (χ3n) is 15.4. The van der Waals surface area contributed by atoms with Gasteiger partial charge >= 0.3 is 0 Å². The van der Waals surface area contributed by atoms with Crippen LogP contribution >= 0.6 is 0 Å². The molecule has 7 aliphatic rings. The van der Waals surface area contributed by atoms with Crippen LogP contribution in [0.3, 0.4) is 0 Å². The van der Waals surface area contributed by atoms with Crippen LogP contribution in [-0.2, 0) is 11.3 Å². The Labute approximate surface area is 292 Å². The summed E-state index contributed by atoms with van der Waals surface area (Å²) in [5, 5.41) is 47.1. The minimum atomic E-state index is -1.03. The zero-order valence-corrected chi connectivity index (χ0v) is 29.6. The number of hydrogen-bond acceptors (Lipinski definition) is 6. The predicted molar refractivity (Wildman–Crippen MR) is 192 cm³/mol. The second kappa shape index (κ2) is 12.1. The summed E-state index contributed by atoms with van der Waals surface area (Å²) in [6.45, 7) is 5.65. The lowest BCUT2D eigenvalue weighted by atomic mass is 9.32. The van der Waals surface area contributed by atoms with Crippen molar-refractivity contribution in [3.05, 3.63) is 71.8 Å². The van der Waals surface area contributed by atoms with Crippen LogP contribution in [0, 0.1) is 39.4 Å². The van der Waals surface area contributed by atoms with Gasteiger partial charge in [0.2, 0.25) is 0 Å². The summed E-state index contributed by atoms with van der Waals surface area (Å²) in [5.41, 5.74) is -0.0661. The van der Waals surface area contributed by atoms with Gasteiger partial charge in [-0.3, -0.25) is 9.69 Å². The summed E-state index contributed by atoms with van der Waals surface area (Å²) in [6.07, 6.45) is 17.1. The molecule has 7 aliphatic carbocycles. The van der Waals surface area contributed by atoms with Crippen LogP contribution in [0.15, 0.2) is 66.3 Å². The van der Waals surface area contributed by atoms with E-state index in [1.165, 1.54) is 6.42 Å². The Morgan fingerprint density at radius 3 is 2.41 bits per heavy atom. The summed E-state index contributed by atoms with van der Waals surface area (Å²) in [7, 11) is 0. The van der Waals surface area contributed by atoms with Gasteiger partial charge in [0.15, 0.2) is 5.78 Å². The Kier molecular flexibility index (Phi) is 8.35. The van der Waals surface area contributed by atoms with E-state index in [0.29, 0.717) is 37.6 Å². The van der Waals surface area contributed by atoms with Crippen LogP contribution in [-0.4, -0.2) is 68.6 Å². The van der Waals surface area contributed by atoms with Gasteiger partial charge in [-0.2, -0.15) is 0 Å². The molecule has 6 nitrogen and oxygen atoms in total. The number of rotatable bonds is 9. The first-order valence-corrected chi connectivity index (χ1v) is 19.3. The lowest BCUT2D eigenvalue weighted by Crippen LogP contribution is -2.67. The molecule has 2 bridgehead atoms. The molecule has 0 saturated heterocycles. The number of ketones is 1. The molecule has 4 fully saturated rings. The SMILES string of the molecule is CC12CCC(O)CC13C=CC1(C(C(=O)C4CCCCC4)=C3)C2CCC2(C)C1CCC2(O)CN(Cc1cccc2ccccc12)CC(O)CO. The molecule has 0 aromatic heterocycles. The molecule has 0 amide bonds. The number of hydrogen-bond donors (Lipinski definition) is 4. The van der Waals surface area contributed by atoms with E-state index in [4.69, 9.17) is 0 Å². The number of Topliss-reactive ketones (excluding diaryl/α,β-unsaturated/α-hetero) is 1. The highest BCUT2D eigenvalue weighted by Crippen LogP contribution is 2.78. The zero-order chi connectivity index (χ0) is 34.2. The molecule has 0 radical (unpaired) electrons. The van der Waals surface area contributed by atoms with Gasteiger partial charge in [0.25, 0.3) is 0 Å². The van der Waals surface area contributed by atoms with Crippen molar-refractivity contribution >= 4 is 16.6 Å². The Morgan fingerprint density at radius 2 is 1.61 bits per heavy atom. The van der Waals surface area contributed by atoms with Crippen LogP contribution in [0.5, 0.6) is 0 Å². The fraction of sp³-hybridized carbons (Fsp3) is 0.651. The first-order valence-electron chi connectivity index (χ1n) is 19.3. The van der Waals surface area contributed by atoms with Crippen molar-refractivity contribution in [3.63, 3.8) is 0 Å². The van der Waals surface area contributed by atoms with Crippen molar-refractivity contribution in [2.75, 3.05) is 19.7 Å². The van der Waals surface area contributed by atoms with Crippen LogP contribution < -0.4 is 0 Å². The maximum Gasteiger partial charge on any atom is 0.162 e. The van der Waals surface area contributed by atoms with Gasteiger partial charge in [0.05, 0.1) is 24.4 Å². The topological polar surface area (TPSA) is 101 Å². The molecule has 9 atom stereocenters. The van der Waals surface area contributed by atoms with Crippen LogP contribution in [0.25, 0.3) is 10.8 Å². The second-order valence-electron chi connectivity index (χ2n) is 17.7. The number of aliphatic hydroxyl groups is 4. The fourth-order valence-electron chi connectivity index (χ4n) is 12.8. The first kappa shape index (κ1) is 33.8. The number of carbonyl (C=O) groups excluding carboxylic acids is 1. The number of aliphatic hydroxyl groups excluding tert-OH is 3. The maximum absolute atomic E-state index is 14.9. The largest absolute Gasteiger partial charge is 0.394 e. The number of benzene rings is 2. The van der Waals surface area contributed by atoms with Crippen molar-refractivity contribution in [3.8, 4) is 0 Å². The molecular weight excluding hydrogens is 610 g/mol. The van der Waals surface area contributed by atoms with Crippen LogP contribution in [0.4, 0.5) is 0 Å². The second-order valence-corrected chi connectivity index (χ2v) is 17.7. The smallest absolute Gasteiger partial charge is 0.162 e. The maximum atomic E-state index is 14.9. The third-order valence-corrected chi connectivity index (χ3v) is 15.4. The average Bonchev–Trinajstić information content (AvgIpc) is 3.38. The molecule has 0 heterocycles. The van der Waals surface area contributed by atoms with E-state index in [0.717, 1.165) is 79.7 Å². The van der Waals surface area contributed by atoms with Crippen molar-refractivity contribution in [1.29, 1.82) is 0 Å². The van der Waals surface area contributed by atoms with E-state index in [1.807, 2.05) is 6.07 Å². The average molecular weight is 668 g/mol. The van der Waals surface area contributed by atoms with E-state index >= 15 is 0 Å². The lowest BCUT2D eigenvalue weighted by Gasteiger charge is -2.71. The normalized spacial score (nSPS) is 40.6. The number of fused-ring (bicyclic) bond motifs is 2. The van der Waals surface area contributed by atoms with Gasteiger partial charge in [-0.15, -0.1) is 0 Å². The van der Waals surface area contributed by atoms with Crippen molar-refractivity contribution in [2.45, 2.75) is 115 Å². The molecule has 0 aliphatic heterocycles. The van der Waals surface area contributed by atoms with E-state index in [1.54, 1.807) is 0 Å². The molecule has 2 aromatic carbocycles. The minimum absolute atomic E-state index is 0.0367. The van der Waals surface area contributed by atoms with Gasteiger partial charge in [0, 0.05) is 47.4 Å². The monoisotopic (exact) mass is 667 g/mol. The molecule has 2 aromatic rings. The van der Waals surface area contributed by atoms with E-state index in [2.05, 4.69) is 73.4 Å². The van der Waals surface area contributed by atoms with E-state index < -0.39 is 22.5 Å². The summed E-state index contributed by atoms with van der Waals surface area (Å²) in [5.74, 6) is 0.832. The summed E-state index contributed by atoms with van der Waals surface area (Å²) < 4.78 is 0. The summed E-state index contributed by atoms with van der Waals surface area (Å²) in [4.78, 5) is 17.0. The molecule has 6 heteroatoms. The Bertz CT molecular complexity index is 1660. The van der Waals surface area contributed by atoms with Gasteiger partial charge < -0.3 is 20.4 Å². The van der Waals surface area contributed by atoms with E-state index in [-0.39, 0.29) is 41.9 Å². The highest BCUT2D eigenvalue weighted by atomic mass is 16.3. The van der Waals surface area contributed by atoms with Gasteiger partial charge in [-0.25, -0.2) is 0 Å². The van der Waals surface area contributed by atoms with Crippen molar-refractivity contribution < 1.29 is 25.2 Å². The van der Waals surface area contributed by atoms with Gasteiger partial charge in [0.1, 0.15) is 0 Å². The lowest BCUT2D eigenvalue weighted by molar-refractivity contribution is -0.180. The number of allylic oxidation sites excluding steroid dienone is 4. The summed E-state index contributed by atoms with van der Waals surface area (Å²) in [6, 6.07) is 14.7. The Morgan fingerprint density at radius 1 is 0.898 bits per heavy atom. The molecule has 2 spiro atoms. The van der Waals surface area contributed by atoms with Crippen molar-refractivity contribution in [2.24, 2.45) is 39.4 Å². The first-order chi connectivity index (χ1) is 23.5. The number of carbonyl (C=O) groups is 1. The molecule has 9 rings (SSSR count). The fourth-order valence-corrected chi connectivity index (χ4v) is 12.8. The van der Waals surface area contributed by atoms with Gasteiger partial charge in [-0.1, -0.05) is 93.8 Å². The van der Waals surface area contributed by atoms with E-state index in [9.17, 15) is 25.2 Å². The summed E-state index contributed by atoms with van der Waals surface area (Å²) >= 11 is 0. The Balaban J connectivity index is 1.18. The highest BCUT2D eigenvalue weighted by Gasteiger charge is 2.74. The van der Waals surface area contributed by atoms with Crippen molar-refractivity contribution in [1.82, 2.24) is 4.90 Å². The standard InChI is InChI=1S/C43H57NO5/c1-39-18-15-32(46)23-41(39)21-22-43(35(24-41)38(48)30-10-4-3-5-11-30)36(39)16-19-40(2)37(43)17-20-42(40,49)28-44(26-33(47)27-45)25-31-13-8-12-29-9-6-7-14-34(29)31/h6-9,12-14,21-22,24,30,32-33,36-37,45-47,49H,3-5,10-11,15-20,23,25-28H2,1-2H3. The molecule has 4 N–H and O–H groups in total. The number of nitrogens with zero attached hydrogens (tertiary/aromatic N) is 1. The predicted octanol–water partition coefficient (Wildman–Crippen LogP) is 6.74. The molecular formula is C43H57NO5.